The quantitative estimate of drug-likeness (QED) is 0.304. The highest BCUT2D eigenvalue weighted by atomic mass is 35.5. The number of carboxylic acids is 1. The SMILES string of the molecule is C[C@]1(CC(=O)O)C[C@H](c2cccc(Cl)c2)[C@@H](c2ccc(Cl)cc2)N(CCCc2cccc(Cl)n2)C1=O. The topological polar surface area (TPSA) is 70.5 Å². The number of halogens is 3. The Balaban J connectivity index is 1.74. The Bertz CT molecular complexity index is 1250. The number of piperidine rings is 1. The second-order valence-corrected chi connectivity index (χ2v) is 10.8. The highest BCUT2D eigenvalue weighted by molar-refractivity contribution is 6.31. The van der Waals surface area contributed by atoms with Crippen molar-refractivity contribution in [2.75, 3.05) is 6.54 Å². The van der Waals surface area contributed by atoms with Crippen LogP contribution in [0.3, 0.4) is 0 Å². The number of hydrogen-bond acceptors (Lipinski definition) is 3. The van der Waals surface area contributed by atoms with E-state index in [0.717, 1.165) is 16.8 Å². The molecule has 0 unspecified atom stereocenters. The first-order valence-corrected chi connectivity index (χ1v) is 12.9. The van der Waals surface area contributed by atoms with Crippen LogP contribution in [0.25, 0.3) is 0 Å². The maximum Gasteiger partial charge on any atom is 0.304 e. The van der Waals surface area contributed by atoms with E-state index in [4.69, 9.17) is 34.8 Å². The van der Waals surface area contributed by atoms with Crippen molar-refractivity contribution in [3.8, 4) is 0 Å². The van der Waals surface area contributed by atoms with Gasteiger partial charge in [-0.25, -0.2) is 4.98 Å². The van der Waals surface area contributed by atoms with Gasteiger partial charge in [0.2, 0.25) is 5.91 Å². The molecule has 1 aliphatic rings. The summed E-state index contributed by atoms with van der Waals surface area (Å²) in [5.74, 6) is -1.32. The lowest BCUT2D eigenvalue weighted by molar-refractivity contribution is -0.157. The predicted molar refractivity (Wildman–Crippen MR) is 143 cm³/mol. The summed E-state index contributed by atoms with van der Waals surface area (Å²) in [4.78, 5) is 32.0. The molecule has 3 aromatic rings. The number of carbonyl (C=O) groups is 2. The number of aryl methyl sites for hydroxylation is 1. The summed E-state index contributed by atoms with van der Waals surface area (Å²) >= 11 is 18.6. The molecule has 1 amide bonds. The number of amides is 1. The second kappa shape index (κ2) is 11.2. The Morgan fingerprint density at radius 3 is 2.42 bits per heavy atom. The number of nitrogens with zero attached hydrogens (tertiary/aromatic N) is 2. The largest absolute Gasteiger partial charge is 0.481 e. The number of hydrogen-bond donors (Lipinski definition) is 1. The molecule has 0 saturated carbocycles. The van der Waals surface area contributed by atoms with Crippen LogP contribution < -0.4 is 0 Å². The smallest absolute Gasteiger partial charge is 0.304 e. The van der Waals surface area contributed by atoms with Crippen molar-refractivity contribution in [3.63, 3.8) is 0 Å². The number of aromatic nitrogens is 1. The van der Waals surface area contributed by atoms with Crippen molar-refractivity contribution in [3.05, 3.63) is 98.7 Å². The fraction of sp³-hybridized carbons (Fsp3) is 0.321. The van der Waals surface area contributed by atoms with Crippen molar-refractivity contribution in [1.29, 1.82) is 0 Å². The van der Waals surface area contributed by atoms with Crippen molar-refractivity contribution in [2.45, 2.75) is 44.6 Å². The molecule has 5 nitrogen and oxygen atoms in total. The van der Waals surface area contributed by atoms with E-state index >= 15 is 0 Å². The number of aliphatic carboxylic acids is 1. The third-order valence-corrected chi connectivity index (χ3v) is 7.50. The van der Waals surface area contributed by atoms with Crippen LogP contribution in [0.1, 0.15) is 55.0 Å². The highest BCUT2D eigenvalue weighted by Gasteiger charge is 2.50. The van der Waals surface area contributed by atoms with Crippen LogP contribution in [0.4, 0.5) is 0 Å². The molecule has 1 N–H and O–H groups in total. The molecule has 36 heavy (non-hydrogen) atoms. The lowest BCUT2D eigenvalue weighted by atomic mass is 9.67. The van der Waals surface area contributed by atoms with Gasteiger partial charge in [0.1, 0.15) is 5.15 Å². The van der Waals surface area contributed by atoms with Crippen LogP contribution in [0.2, 0.25) is 15.2 Å². The Morgan fingerprint density at radius 2 is 1.75 bits per heavy atom. The fourth-order valence-electron chi connectivity index (χ4n) is 5.23. The van der Waals surface area contributed by atoms with E-state index in [-0.39, 0.29) is 24.3 Å². The van der Waals surface area contributed by atoms with Gasteiger partial charge in [0.25, 0.3) is 0 Å². The highest BCUT2D eigenvalue weighted by Crippen LogP contribution is 2.51. The zero-order valence-corrected chi connectivity index (χ0v) is 22.1. The van der Waals surface area contributed by atoms with Gasteiger partial charge in [-0.3, -0.25) is 9.59 Å². The van der Waals surface area contributed by atoms with Gasteiger partial charge in [0.15, 0.2) is 0 Å². The third kappa shape index (κ3) is 6.03. The Kier molecular flexibility index (Phi) is 8.23. The molecular weight excluding hydrogens is 519 g/mol. The first-order valence-electron chi connectivity index (χ1n) is 11.8. The minimum absolute atomic E-state index is 0.156. The standard InChI is InChI=1S/C28H27Cl3N2O3/c1-28(17-25(34)35)16-23(19-5-2-6-21(30)15-19)26(18-10-12-20(29)13-11-18)33(27(28)36)14-4-8-22-7-3-9-24(31)32-22/h2-3,5-7,9-13,15,23,26H,4,8,14,16-17H2,1H3,(H,34,35)/t23-,26-,28-/m1/s1. The van der Waals surface area contributed by atoms with Crippen molar-refractivity contribution in [1.82, 2.24) is 9.88 Å². The van der Waals surface area contributed by atoms with Gasteiger partial charge in [0, 0.05) is 28.2 Å². The van der Waals surface area contributed by atoms with Gasteiger partial charge in [-0.2, -0.15) is 0 Å². The summed E-state index contributed by atoms with van der Waals surface area (Å²) in [5, 5.41) is 11.3. The lowest BCUT2D eigenvalue weighted by Gasteiger charge is -2.49. The molecule has 188 valence electrons. The summed E-state index contributed by atoms with van der Waals surface area (Å²) in [5.41, 5.74) is 1.69. The van der Waals surface area contributed by atoms with Gasteiger partial charge >= 0.3 is 5.97 Å². The van der Waals surface area contributed by atoms with Crippen LogP contribution in [0.5, 0.6) is 0 Å². The van der Waals surface area contributed by atoms with E-state index in [1.54, 1.807) is 13.0 Å². The average Bonchev–Trinajstić information content (AvgIpc) is 2.82. The molecular formula is C28H27Cl3N2O3. The van der Waals surface area contributed by atoms with Crippen molar-refractivity contribution >= 4 is 46.7 Å². The predicted octanol–water partition coefficient (Wildman–Crippen LogP) is 7.21. The Hall–Kier alpha value is -2.60. The molecule has 8 heteroatoms. The Morgan fingerprint density at radius 1 is 1.03 bits per heavy atom. The maximum absolute atomic E-state index is 13.9. The minimum Gasteiger partial charge on any atom is -0.481 e. The summed E-state index contributed by atoms with van der Waals surface area (Å²) in [6, 6.07) is 20.3. The number of benzene rings is 2. The van der Waals surface area contributed by atoms with Gasteiger partial charge in [0.05, 0.1) is 17.9 Å². The van der Waals surface area contributed by atoms with E-state index < -0.39 is 11.4 Å². The molecule has 1 aliphatic heterocycles. The molecule has 0 radical (unpaired) electrons. The van der Waals surface area contributed by atoms with Gasteiger partial charge in [-0.15, -0.1) is 0 Å². The number of pyridine rings is 1. The third-order valence-electron chi connectivity index (χ3n) is 6.80. The molecule has 0 bridgehead atoms. The van der Waals surface area contributed by atoms with E-state index in [1.807, 2.05) is 65.6 Å². The summed E-state index contributed by atoms with van der Waals surface area (Å²) in [6.45, 7) is 2.19. The van der Waals surface area contributed by atoms with Crippen molar-refractivity contribution in [2.24, 2.45) is 5.41 Å². The zero-order chi connectivity index (χ0) is 25.9. The average molecular weight is 546 g/mol. The number of carboxylic acid groups (broad SMARTS) is 1. The molecule has 2 heterocycles. The zero-order valence-electron chi connectivity index (χ0n) is 19.8. The van der Waals surface area contributed by atoms with Crippen LogP contribution in [-0.4, -0.2) is 33.4 Å². The summed E-state index contributed by atoms with van der Waals surface area (Å²) in [6.07, 6.45) is 1.42. The molecule has 0 aliphatic carbocycles. The summed E-state index contributed by atoms with van der Waals surface area (Å²) in [7, 11) is 0. The normalized spacial score (nSPS) is 22.0. The maximum atomic E-state index is 13.9. The molecule has 4 rings (SSSR count). The first-order chi connectivity index (χ1) is 17.2. The second-order valence-electron chi connectivity index (χ2n) is 9.55. The van der Waals surface area contributed by atoms with E-state index in [9.17, 15) is 14.7 Å². The molecule has 1 aromatic heterocycles. The minimum atomic E-state index is -1.06. The monoisotopic (exact) mass is 544 g/mol. The number of carbonyl (C=O) groups excluding carboxylic acids is 1. The van der Waals surface area contributed by atoms with Crippen LogP contribution in [-0.2, 0) is 16.0 Å². The van der Waals surface area contributed by atoms with Gasteiger partial charge in [-0.1, -0.05) is 72.1 Å². The molecule has 2 aromatic carbocycles. The van der Waals surface area contributed by atoms with E-state index in [0.29, 0.717) is 41.0 Å². The van der Waals surface area contributed by atoms with Crippen molar-refractivity contribution < 1.29 is 14.7 Å². The number of likely N-dealkylation sites (tertiary alicyclic amines) is 1. The van der Waals surface area contributed by atoms with Crippen LogP contribution in [0.15, 0.2) is 66.7 Å². The summed E-state index contributed by atoms with van der Waals surface area (Å²) < 4.78 is 0. The van der Waals surface area contributed by atoms with E-state index in [2.05, 4.69) is 4.98 Å². The molecule has 3 atom stereocenters. The lowest BCUT2D eigenvalue weighted by Crippen LogP contribution is -2.52. The first kappa shape index (κ1) is 26.5. The van der Waals surface area contributed by atoms with Crippen LogP contribution in [0, 0.1) is 5.41 Å². The number of rotatable bonds is 8. The molecule has 1 saturated heterocycles. The van der Waals surface area contributed by atoms with Gasteiger partial charge < -0.3 is 10.0 Å². The Labute approximate surface area is 226 Å². The van der Waals surface area contributed by atoms with Gasteiger partial charge in [-0.05, 0) is 66.8 Å². The van der Waals surface area contributed by atoms with Crippen LogP contribution >= 0.6 is 34.8 Å². The molecule has 0 spiro atoms. The fourth-order valence-corrected chi connectivity index (χ4v) is 5.73. The van der Waals surface area contributed by atoms with E-state index in [1.165, 1.54) is 0 Å². The molecule has 1 fully saturated rings.